The van der Waals surface area contributed by atoms with E-state index in [0.29, 0.717) is 0 Å². The van der Waals surface area contributed by atoms with Gasteiger partial charge < -0.3 is 15.0 Å². The zero-order valence-electron chi connectivity index (χ0n) is 13.2. The Morgan fingerprint density at radius 2 is 1.75 bits per heavy atom. The Bertz CT molecular complexity index is 227. The minimum atomic E-state index is 0. The zero-order chi connectivity index (χ0) is 13.3. The number of likely N-dealkylation sites (tertiary alicyclic amines) is 1. The summed E-state index contributed by atoms with van der Waals surface area (Å²) < 4.78 is 5.84. The average Bonchev–Trinajstić information content (AvgIpc) is 2.49. The van der Waals surface area contributed by atoms with Crippen LogP contribution in [0.4, 0.5) is 0 Å². The van der Waals surface area contributed by atoms with Crippen LogP contribution in [0.25, 0.3) is 5.32 Å². The van der Waals surface area contributed by atoms with Crippen LogP contribution in [-0.4, -0.2) is 50.8 Å². The van der Waals surface area contributed by atoms with Crippen LogP contribution in [-0.2, 0) is 37.4 Å². The molecule has 0 amide bonds. The van der Waals surface area contributed by atoms with Gasteiger partial charge in [0, 0.05) is 52.5 Å². The average molecular weight is 356 g/mol. The Morgan fingerprint density at radius 1 is 1.05 bits per heavy atom. The fourth-order valence-corrected chi connectivity index (χ4v) is 3.23. The first kappa shape index (κ1) is 19.0. The van der Waals surface area contributed by atoms with Gasteiger partial charge in [-0.25, -0.2) is 0 Å². The fourth-order valence-electron chi connectivity index (χ4n) is 3.23. The van der Waals surface area contributed by atoms with E-state index in [9.17, 15) is 0 Å². The molecule has 0 aromatic heterocycles. The summed E-state index contributed by atoms with van der Waals surface area (Å²) >= 11 is 0. The number of hydrogen-bond acceptors (Lipinski definition) is 2. The zero-order valence-corrected chi connectivity index (χ0v) is 16.1. The molecular formula is C16H31N2OY-. The van der Waals surface area contributed by atoms with Gasteiger partial charge in [0.15, 0.2) is 0 Å². The van der Waals surface area contributed by atoms with Gasteiger partial charge in [-0.3, -0.25) is 0 Å². The van der Waals surface area contributed by atoms with E-state index in [1.807, 2.05) is 0 Å². The van der Waals surface area contributed by atoms with E-state index in [1.54, 1.807) is 0 Å². The maximum absolute atomic E-state index is 5.84. The molecule has 20 heavy (non-hydrogen) atoms. The molecule has 0 saturated carbocycles. The first-order chi connectivity index (χ1) is 9.38. The molecule has 0 spiro atoms. The summed E-state index contributed by atoms with van der Waals surface area (Å²) in [5.74, 6) is 1.77. The molecule has 2 aliphatic heterocycles. The number of hydrogen-bond donors (Lipinski definition) is 0. The number of ether oxygens (including phenoxy) is 1. The Balaban J connectivity index is 0.00000200. The topological polar surface area (TPSA) is 26.6 Å². The first-order valence-corrected chi connectivity index (χ1v) is 8.32. The number of piperidine rings is 2. The molecule has 4 heteroatoms. The molecule has 0 atom stereocenters. The van der Waals surface area contributed by atoms with Crippen molar-refractivity contribution in [1.82, 2.24) is 4.90 Å². The van der Waals surface area contributed by atoms with E-state index in [1.165, 1.54) is 58.2 Å². The molecule has 0 bridgehead atoms. The van der Waals surface area contributed by atoms with Gasteiger partial charge in [-0.1, -0.05) is 26.2 Å². The van der Waals surface area contributed by atoms with Crippen LogP contribution < -0.4 is 0 Å². The van der Waals surface area contributed by atoms with E-state index in [0.717, 1.165) is 38.1 Å². The van der Waals surface area contributed by atoms with Gasteiger partial charge in [-0.05, 0) is 44.2 Å². The second-order valence-electron chi connectivity index (χ2n) is 6.24. The maximum atomic E-state index is 5.84. The summed E-state index contributed by atoms with van der Waals surface area (Å²) in [6, 6.07) is 0. The van der Waals surface area contributed by atoms with Gasteiger partial charge in [0.25, 0.3) is 0 Å². The van der Waals surface area contributed by atoms with E-state index < -0.39 is 0 Å². The summed E-state index contributed by atoms with van der Waals surface area (Å²) in [7, 11) is 0. The molecule has 1 radical (unpaired) electrons. The summed E-state index contributed by atoms with van der Waals surface area (Å²) in [5, 5.41) is 4.38. The van der Waals surface area contributed by atoms with Crippen molar-refractivity contribution in [3.63, 3.8) is 0 Å². The van der Waals surface area contributed by atoms with Crippen LogP contribution >= 0.6 is 0 Å². The largest absolute Gasteiger partial charge is 0.662 e. The molecule has 0 N–H and O–H groups in total. The van der Waals surface area contributed by atoms with E-state index >= 15 is 0 Å². The van der Waals surface area contributed by atoms with Crippen molar-refractivity contribution in [3.8, 4) is 0 Å². The smallest absolute Gasteiger partial charge is 0.0493 e. The van der Waals surface area contributed by atoms with Crippen LogP contribution in [0.15, 0.2) is 0 Å². The fraction of sp³-hybridized carbons (Fsp3) is 1.00. The third-order valence-corrected chi connectivity index (χ3v) is 4.79. The third kappa shape index (κ3) is 7.31. The van der Waals surface area contributed by atoms with Gasteiger partial charge in [0.1, 0.15) is 0 Å². The van der Waals surface area contributed by atoms with Gasteiger partial charge in [0.2, 0.25) is 0 Å². The molecule has 0 unspecified atom stereocenters. The molecule has 3 nitrogen and oxygen atoms in total. The quantitative estimate of drug-likeness (QED) is 0.655. The normalized spacial score (nSPS) is 22.6. The van der Waals surface area contributed by atoms with Crippen molar-refractivity contribution in [1.29, 1.82) is 0 Å². The van der Waals surface area contributed by atoms with Crippen molar-refractivity contribution in [2.75, 3.05) is 45.9 Å². The van der Waals surface area contributed by atoms with Crippen LogP contribution in [0.1, 0.15) is 45.4 Å². The van der Waals surface area contributed by atoms with Crippen molar-refractivity contribution in [2.45, 2.75) is 45.4 Å². The Hall–Kier alpha value is 0.984. The number of rotatable bonds is 7. The van der Waals surface area contributed by atoms with Gasteiger partial charge >= 0.3 is 0 Å². The van der Waals surface area contributed by atoms with Gasteiger partial charge in [-0.15, -0.1) is 13.1 Å². The van der Waals surface area contributed by atoms with Crippen LogP contribution in [0, 0.1) is 11.8 Å². The monoisotopic (exact) mass is 356 g/mol. The third-order valence-electron chi connectivity index (χ3n) is 4.79. The van der Waals surface area contributed by atoms with Crippen LogP contribution in [0.2, 0.25) is 0 Å². The molecule has 0 aliphatic carbocycles. The number of nitrogens with zero attached hydrogens (tertiary/aromatic N) is 2. The van der Waals surface area contributed by atoms with Gasteiger partial charge in [0.05, 0.1) is 0 Å². The molecule has 2 aliphatic rings. The van der Waals surface area contributed by atoms with Crippen molar-refractivity contribution >= 4 is 0 Å². The summed E-state index contributed by atoms with van der Waals surface area (Å²) in [5.41, 5.74) is 0. The van der Waals surface area contributed by atoms with Crippen molar-refractivity contribution in [2.24, 2.45) is 11.8 Å². The minimum absolute atomic E-state index is 0. The molecule has 2 saturated heterocycles. The van der Waals surface area contributed by atoms with Gasteiger partial charge in [-0.2, -0.15) is 0 Å². The van der Waals surface area contributed by atoms with Crippen molar-refractivity contribution < 1.29 is 37.4 Å². The van der Waals surface area contributed by atoms with E-state index in [2.05, 4.69) is 17.1 Å². The standard InChI is InChI=1S/C16H31N2O.Y/c1-2-15-6-11-18(12-7-15)10-3-13-19-14-16-4-8-17-9-5-16;/h15-16H,2-14H2,1H3;/q-1;. The molecule has 0 aromatic carbocycles. The molecular weight excluding hydrogens is 325 g/mol. The Labute approximate surface area is 150 Å². The predicted octanol–water partition coefficient (Wildman–Crippen LogP) is 3.30. The Kier molecular flexibility index (Phi) is 11.0. The molecule has 2 rings (SSSR count). The molecule has 2 fully saturated rings. The molecule has 115 valence electrons. The van der Waals surface area contributed by atoms with E-state index in [-0.39, 0.29) is 32.7 Å². The Morgan fingerprint density at radius 3 is 2.40 bits per heavy atom. The van der Waals surface area contributed by atoms with Crippen LogP contribution in [0.5, 0.6) is 0 Å². The predicted molar refractivity (Wildman–Crippen MR) is 80.7 cm³/mol. The summed E-state index contributed by atoms with van der Waals surface area (Å²) in [6.45, 7) is 10.2. The molecule has 2 heterocycles. The first-order valence-electron chi connectivity index (χ1n) is 8.32. The maximum Gasteiger partial charge on any atom is 0.0493 e. The van der Waals surface area contributed by atoms with E-state index in [4.69, 9.17) is 4.74 Å². The van der Waals surface area contributed by atoms with Crippen molar-refractivity contribution in [3.05, 3.63) is 5.32 Å². The minimum Gasteiger partial charge on any atom is -0.662 e. The van der Waals surface area contributed by atoms with Crippen LogP contribution in [0.3, 0.4) is 0 Å². The second-order valence-corrected chi connectivity index (χ2v) is 6.24. The summed E-state index contributed by atoms with van der Waals surface area (Å²) in [6.07, 6.45) is 7.86. The molecule has 0 aromatic rings. The second kappa shape index (κ2) is 11.5. The SMILES string of the molecule is CCC1CCN(CCCOCC2CC[N-]CC2)CC1.[Y]. The summed E-state index contributed by atoms with van der Waals surface area (Å²) in [4.78, 5) is 2.62.